The van der Waals surface area contributed by atoms with Gasteiger partial charge in [-0.3, -0.25) is 18.6 Å². The van der Waals surface area contributed by atoms with Crippen LogP contribution >= 0.6 is 7.82 Å². The number of nitrogens with zero attached hydrogens (tertiary/aromatic N) is 1. The number of unbranched alkanes of at least 4 members (excludes halogenated alkanes) is 12. The second kappa shape index (κ2) is 36.0. The van der Waals surface area contributed by atoms with Crippen molar-refractivity contribution in [2.24, 2.45) is 0 Å². The number of rotatable bonds is 38. The molecule has 0 radical (unpaired) electrons. The van der Waals surface area contributed by atoms with Crippen LogP contribution in [0.3, 0.4) is 0 Å². The number of likely N-dealkylation sites (N-methyl/N-ethyl adjacent to an activating group) is 1. The molecule has 0 amide bonds. The Morgan fingerprint density at radius 3 is 1.79 bits per heavy atom. The molecule has 0 heterocycles. The highest BCUT2D eigenvalue weighted by atomic mass is 31.2. The first kappa shape index (κ1) is 53.9. The number of carbonyl (C=O) groups is 2. The number of ether oxygens (including phenoxy) is 2. The minimum Gasteiger partial charge on any atom is -0.462 e. The van der Waals surface area contributed by atoms with Gasteiger partial charge in [-0.1, -0.05) is 114 Å². The van der Waals surface area contributed by atoms with E-state index in [0.717, 1.165) is 57.8 Å². The van der Waals surface area contributed by atoms with Gasteiger partial charge in [-0.15, -0.1) is 0 Å². The van der Waals surface area contributed by atoms with Crippen molar-refractivity contribution in [2.75, 3.05) is 47.5 Å². The average molecular weight is 815 g/mol. The van der Waals surface area contributed by atoms with Crippen LogP contribution in [-0.2, 0) is 32.7 Å². The molecule has 0 aromatic carbocycles. The van der Waals surface area contributed by atoms with Gasteiger partial charge in [-0.25, -0.2) is 4.57 Å². The van der Waals surface area contributed by atoms with Crippen LogP contribution in [0.15, 0.2) is 48.6 Å². The second-order valence-electron chi connectivity index (χ2n) is 15.7. The molecule has 0 saturated carbocycles. The van der Waals surface area contributed by atoms with E-state index in [-0.39, 0.29) is 38.9 Å². The molecule has 3 N–H and O–H groups in total. The van der Waals surface area contributed by atoms with Gasteiger partial charge in [0.25, 0.3) is 0 Å². The molecule has 0 aliphatic heterocycles. The van der Waals surface area contributed by atoms with Crippen molar-refractivity contribution < 1.29 is 52.3 Å². The molecule has 0 aliphatic carbocycles. The van der Waals surface area contributed by atoms with Crippen molar-refractivity contribution in [2.45, 2.75) is 173 Å². The summed E-state index contributed by atoms with van der Waals surface area (Å²) in [5.74, 6) is -1.10. The maximum absolute atomic E-state index is 12.7. The molecule has 12 heteroatoms. The van der Waals surface area contributed by atoms with Crippen molar-refractivity contribution in [3.8, 4) is 0 Å². The summed E-state index contributed by atoms with van der Waals surface area (Å²) in [6.07, 6.45) is 33.3. The van der Waals surface area contributed by atoms with E-state index in [9.17, 15) is 29.3 Å². The normalized spacial score (nSPS) is 15.2. The third-order valence-electron chi connectivity index (χ3n) is 9.03. The molecule has 56 heavy (non-hydrogen) atoms. The van der Waals surface area contributed by atoms with E-state index in [2.05, 4.69) is 50.3 Å². The lowest BCUT2D eigenvalue weighted by Crippen LogP contribution is -2.37. The third-order valence-corrected chi connectivity index (χ3v) is 10.0. The highest BCUT2D eigenvalue weighted by Gasteiger charge is 2.27. The van der Waals surface area contributed by atoms with Crippen LogP contribution in [0, 0.1) is 0 Å². The molecule has 326 valence electrons. The Hall–Kier alpha value is -2.11. The van der Waals surface area contributed by atoms with Gasteiger partial charge < -0.3 is 29.1 Å². The topological polar surface area (TPSA) is 149 Å². The molecule has 3 unspecified atom stereocenters. The minimum absolute atomic E-state index is 0.0163. The Labute approximate surface area is 340 Å². The van der Waals surface area contributed by atoms with Gasteiger partial charge in [-0.05, 0) is 77.0 Å². The maximum atomic E-state index is 12.7. The molecular weight excluding hydrogens is 733 g/mol. The number of aliphatic hydroxyl groups excluding tert-OH is 2. The first-order valence-corrected chi connectivity index (χ1v) is 23.0. The van der Waals surface area contributed by atoms with E-state index in [1.807, 2.05) is 33.3 Å². The number of hydrogen-bond donors (Lipinski definition) is 3. The molecule has 0 aliphatic rings. The summed E-state index contributed by atoms with van der Waals surface area (Å²) < 4.78 is 34.0. The summed E-state index contributed by atoms with van der Waals surface area (Å²) in [5.41, 5.74) is 0. The summed E-state index contributed by atoms with van der Waals surface area (Å²) in [7, 11) is 1.31. The van der Waals surface area contributed by atoms with E-state index < -0.39 is 44.7 Å². The van der Waals surface area contributed by atoms with Crippen molar-refractivity contribution >= 4 is 19.8 Å². The van der Waals surface area contributed by atoms with Gasteiger partial charge in [-0.2, -0.15) is 0 Å². The molecule has 0 spiro atoms. The maximum Gasteiger partial charge on any atom is 0.472 e. The summed E-state index contributed by atoms with van der Waals surface area (Å²) in [6, 6.07) is 0. The van der Waals surface area contributed by atoms with Crippen LogP contribution < -0.4 is 0 Å². The Morgan fingerprint density at radius 2 is 1.14 bits per heavy atom. The van der Waals surface area contributed by atoms with Gasteiger partial charge in [0.05, 0.1) is 40.0 Å². The van der Waals surface area contributed by atoms with Gasteiger partial charge in [0.2, 0.25) is 0 Å². The standard InChI is InChI=1S/C44H80NO10P/c1-6-8-10-12-14-16-18-20-22-24-26-28-30-34-44(49)55-40(39-54-56(50,51)53-37-36-45(3,4)5)38-52-43(48)35-31-33-42(47)41(46)32-29-27-25-23-21-19-17-15-13-11-9-7-2/h15-18,21,23,27,29,40-42,46-47H,6-14,19-20,22,24-26,28,30-39H2,1-5H3/p+1/b17-15-,18-16-,23-21-,29-27-/t40-,41?,42?/m1/s1. The number of hydrogen-bond acceptors (Lipinski definition) is 9. The Bertz CT molecular complexity index is 1130. The van der Waals surface area contributed by atoms with Crippen LogP contribution in [0.25, 0.3) is 0 Å². The SMILES string of the molecule is CCCCC/C=C\C/C=C\C/C=C\CC(O)C(O)CCCC(=O)OC[C@H](COP(=O)(O)OCC[N+](C)(C)C)OC(=O)CCCCCCC/C=C\CCCCCC. The number of quaternary nitrogens is 1. The van der Waals surface area contributed by atoms with Crippen molar-refractivity contribution in [1.29, 1.82) is 0 Å². The van der Waals surface area contributed by atoms with E-state index in [1.54, 1.807) is 0 Å². The zero-order valence-electron chi connectivity index (χ0n) is 35.8. The lowest BCUT2D eigenvalue weighted by molar-refractivity contribution is -0.870. The van der Waals surface area contributed by atoms with E-state index in [1.165, 1.54) is 44.9 Å². The molecule has 11 nitrogen and oxygen atoms in total. The van der Waals surface area contributed by atoms with E-state index in [4.69, 9.17) is 18.5 Å². The molecule has 0 fully saturated rings. The molecule has 0 bridgehead atoms. The van der Waals surface area contributed by atoms with Crippen molar-refractivity contribution in [1.82, 2.24) is 0 Å². The smallest absolute Gasteiger partial charge is 0.462 e. The monoisotopic (exact) mass is 815 g/mol. The Kier molecular flexibility index (Phi) is 34.6. The van der Waals surface area contributed by atoms with Crippen LogP contribution in [0.2, 0.25) is 0 Å². The summed E-state index contributed by atoms with van der Waals surface area (Å²) >= 11 is 0. The Balaban J connectivity index is 4.63. The van der Waals surface area contributed by atoms with Crippen LogP contribution in [-0.4, -0.2) is 97.3 Å². The average Bonchev–Trinajstić information content (AvgIpc) is 3.14. The zero-order chi connectivity index (χ0) is 41.8. The van der Waals surface area contributed by atoms with Gasteiger partial charge in [0, 0.05) is 12.8 Å². The largest absolute Gasteiger partial charge is 0.472 e. The number of phosphoric acid groups is 1. The van der Waals surface area contributed by atoms with Crippen LogP contribution in [0.1, 0.15) is 155 Å². The van der Waals surface area contributed by atoms with Gasteiger partial charge in [0.15, 0.2) is 6.10 Å². The zero-order valence-corrected chi connectivity index (χ0v) is 36.7. The number of esters is 2. The van der Waals surface area contributed by atoms with Crippen LogP contribution in [0.4, 0.5) is 0 Å². The first-order chi connectivity index (χ1) is 26.8. The number of carbonyl (C=O) groups excluding carboxylic acids is 2. The lowest BCUT2D eigenvalue weighted by Gasteiger charge is -2.24. The molecule has 0 aromatic rings. The fourth-order valence-electron chi connectivity index (χ4n) is 5.46. The Morgan fingerprint density at radius 1 is 0.625 bits per heavy atom. The summed E-state index contributed by atoms with van der Waals surface area (Å²) in [4.78, 5) is 35.4. The number of allylic oxidation sites excluding steroid dienone is 7. The van der Waals surface area contributed by atoms with Crippen molar-refractivity contribution in [3.63, 3.8) is 0 Å². The quantitative estimate of drug-likeness (QED) is 0.0181. The first-order valence-electron chi connectivity index (χ1n) is 21.5. The predicted molar refractivity (Wildman–Crippen MR) is 227 cm³/mol. The van der Waals surface area contributed by atoms with E-state index in [0.29, 0.717) is 23.9 Å². The predicted octanol–water partition coefficient (Wildman–Crippen LogP) is 9.85. The highest BCUT2D eigenvalue weighted by Crippen LogP contribution is 2.43. The summed E-state index contributed by atoms with van der Waals surface area (Å²) in [5, 5.41) is 20.7. The number of phosphoric ester groups is 1. The fraction of sp³-hybridized carbons (Fsp3) is 0.773. The number of aliphatic hydroxyl groups is 2. The second-order valence-corrected chi connectivity index (χ2v) is 17.1. The van der Waals surface area contributed by atoms with Gasteiger partial charge in [0.1, 0.15) is 19.8 Å². The lowest BCUT2D eigenvalue weighted by atomic mass is 10.0. The molecule has 0 saturated heterocycles. The fourth-order valence-corrected chi connectivity index (χ4v) is 6.20. The van der Waals surface area contributed by atoms with Crippen molar-refractivity contribution in [3.05, 3.63) is 48.6 Å². The highest BCUT2D eigenvalue weighted by molar-refractivity contribution is 7.47. The summed E-state index contributed by atoms with van der Waals surface area (Å²) in [6.45, 7) is 4.01. The molecule has 0 aromatic heterocycles. The molecular formula is C44H81NO10P+. The van der Waals surface area contributed by atoms with Crippen LogP contribution in [0.5, 0.6) is 0 Å². The van der Waals surface area contributed by atoms with Gasteiger partial charge >= 0.3 is 19.8 Å². The third kappa shape index (κ3) is 37.5. The molecule has 4 atom stereocenters. The molecule has 0 rings (SSSR count). The van der Waals surface area contributed by atoms with E-state index >= 15 is 0 Å². The minimum atomic E-state index is -4.44.